The molecule has 0 fully saturated rings. The van der Waals surface area contributed by atoms with E-state index in [0.29, 0.717) is 0 Å². The quantitative estimate of drug-likeness (QED) is 0.222. The highest BCUT2D eigenvalue weighted by molar-refractivity contribution is 14.1. The minimum Gasteiger partial charge on any atom is -0.492 e. The van der Waals surface area contributed by atoms with Gasteiger partial charge in [0.2, 0.25) is 17.7 Å². The molecule has 1 aliphatic rings. The summed E-state index contributed by atoms with van der Waals surface area (Å²) >= 11 is 1.80. The van der Waals surface area contributed by atoms with Crippen molar-refractivity contribution in [3.63, 3.8) is 0 Å². The van der Waals surface area contributed by atoms with Gasteiger partial charge in [0.15, 0.2) is 0 Å². The molecule has 2 rings (SSSR count). The zero-order chi connectivity index (χ0) is 26.4. The Morgan fingerprint density at radius 3 is 2.37 bits per heavy atom. The number of ether oxygens (including phenoxy) is 1. The van der Waals surface area contributed by atoms with E-state index in [0.717, 1.165) is 6.07 Å². The minimum atomic E-state index is -1.09. The van der Waals surface area contributed by atoms with Crippen molar-refractivity contribution in [2.75, 3.05) is 6.61 Å². The van der Waals surface area contributed by atoms with Crippen molar-refractivity contribution in [3.8, 4) is 5.75 Å². The first-order chi connectivity index (χ1) is 16.3. The van der Waals surface area contributed by atoms with Crippen LogP contribution in [-0.4, -0.2) is 53.3 Å². The van der Waals surface area contributed by atoms with Gasteiger partial charge in [0.25, 0.3) is 11.6 Å². The predicted octanol–water partition coefficient (Wildman–Crippen LogP) is 1.24. The molecule has 1 aliphatic heterocycles. The maximum absolute atomic E-state index is 13.2. The van der Waals surface area contributed by atoms with Crippen molar-refractivity contribution in [1.82, 2.24) is 16.0 Å². The molecule has 1 aromatic carbocycles. The Bertz CT molecular complexity index is 1010. The lowest BCUT2D eigenvalue weighted by atomic mass is 9.99. The van der Waals surface area contributed by atoms with Gasteiger partial charge in [-0.1, -0.05) is 27.7 Å². The number of nitro benzene ring substituents is 1. The maximum Gasteiger partial charge on any atom is 0.271 e. The number of halogens is 1. The average molecular weight is 603 g/mol. The molecule has 0 bridgehead atoms. The number of nitrogens with one attached hydrogen (secondary N) is 3. The highest BCUT2D eigenvalue weighted by Crippen LogP contribution is 2.31. The van der Waals surface area contributed by atoms with E-state index in [1.807, 2.05) is 13.8 Å². The van der Waals surface area contributed by atoms with Crippen LogP contribution in [0.2, 0.25) is 0 Å². The molecule has 0 radical (unpaired) electrons. The maximum atomic E-state index is 13.2. The lowest BCUT2D eigenvalue weighted by Crippen LogP contribution is -2.58. The first-order valence-corrected chi connectivity index (χ1v) is 12.2. The van der Waals surface area contributed by atoms with Gasteiger partial charge in [-0.3, -0.25) is 29.3 Å². The minimum absolute atomic E-state index is 0.0217. The Balaban J connectivity index is 2.57. The van der Waals surface area contributed by atoms with Gasteiger partial charge in [-0.2, -0.15) is 0 Å². The third-order valence-electron chi connectivity index (χ3n) is 5.37. The largest absolute Gasteiger partial charge is 0.492 e. The Labute approximate surface area is 216 Å². The molecule has 0 saturated heterocycles. The van der Waals surface area contributed by atoms with Crippen LogP contribution < -0.4 is 26.4 Å². The standard InChI is InChI=1S/C22H30IN5O7/c1-10(2)7-16-21(31)25-15(19(24)29)5-6-35-18-13(8-12(28(33)34)9-14(18)23)20(30)27-17(11(3)4)22(32)26-16/h8-11,15-17H,5-7H2,1-4H3,(H2,24,29)(H,25,31)(H,26,32)(H,27,30)/t15-,16-,17-/m0/s1. The Kier molecular flexibility index (Phi) is 9.80. The number of carbonyl (C=O) groups is 4. The van der Waals surface area contributed by atoms with Crippen molar-refractivity contribution in [2.45, 2.75) is 58.7 Å². The summed E-state index contributed by atoms with van der Waals surface area (Å²) in [6.45, 7) is 7.05. The summed E-state index contributed by atoms with van der Waals surface area (Å²) in [5.74, 6) is -3.02. The molecule has 35 heavy (non-hydrogen) atoms. The summed E-state index contributed by atoms with van der Waals surface area (Å²) < 4.78 is 6.04. The van der Waals surface area contributed by atoms with Gasteiger partial charge < -0.3 is 26.4 Å². The van der Waals surface area contributed by atoms with E-state index < -0.39 is 46.7 Å². The number of hydrogen-bond donors (Lipinski definition) is 4. The molecule has 0 spiro atoms. The fraction of sp³-hybridized carbons (Fsp3) is 0.545. The van der Waals surface area contributed by atoms with Crippen molar-refractivity contribution in [2.24, 2.45) is 17.6 Å². The summed E-state index contributed by atoms with van der Waals surface area (Å²) in [6.07, 6.45) is 0.262. The van der Waals surface area contributed by atoms with Crippen LogP contribution in [-0.2, 0) is 14.4 Å². The van der Waals surface area contributed by atoms with E-state index >= 15 is 0 Å². The first kappa shape index (κ1) is 28.3. The third kappa shape index (κ3) is 7.50. The Morgan fingerprint density at radius 1 is 1.17 bits per heavy atom. The summed E-state index contributed by atoms with van der Waals surface area (Å²) in [6, 6.07) is -0.800. The number of hydrogen-bond acceptors (Lipinski definition) is 7. The van der Waals surface area contributed by atoms with E-state index in [2.05, 4.69) is 16.0 Å². The zero-order valence-corrected chi connectivity index (χ0v) is 22.1. The molecule has 0 saturated carbocycles. The fourth-order valence-corrected chi connectivity index (χ4v) is 4.32. The highest BCUT2D eigenvalue weighted by atomic mass is 127. The number of nitro groups is 1. The van der Waals surface area contributed by atoms with Crippen molar-refractivity contribution in [1.29, 1.82) is 0 Å². The first-order valence-electron chi connectivity index (χ1n) is 11.1. The van der Waals surface area contributed by atoms with Crippen LogP contribution in [0.15, 0.2) is 12.1 Å². The smallest absolute Gasteiger partial charge is 0.271 e. The molecular weight excluding hydrogens is 573 g/mol. The average Bonchev–Trinajstić information content (AvgIpc) is 2.75. The molecule has 0 unspecified atom stereocenters. The second kappa shape index (κ2) is 12.1. The highest BCUT2D eigenvalue weighted by Gasteiger charge is 2.33. The van der Waals surface area contributed by atoms with Crippen LogP contribution in [0.25, 0.3) is 0 Å². The molecule has 0 aliphatic carbocycles. The molecule has 13 heteroatoms. The number of nitrogens with zero attached hydrogens (tertiary/aromatic N) is 1. The van der Waals surface area contributed by atoms with Gasteiger partial charge in [0, 0.05) is 18.6 Å². The van der Waals surface area contributed by atoms with E-state index in [9.17, 15) is 29.3 Å². The molecule has 4 amide bonds. The lowest BCUT2D eigenvalue weighted by molar-refractivity contribution is -0.385. The molecule has 3 atom stereocenters. The van der Waals surface area contributed by atoms with Gasteiger partial charge in [0.1, 0.15) is 23.9 Å². The molecule has 192 valence electrons. The van der Waals surface area contributed by atoms with Crippen LogP contribution in [0.4, 0.5) is 5.69 Å². The summed E-state index contributed by atoms with van der Waals surface area (Å²) in [5, 5.41) is 19.2. The van der Waals surface area contributed by atoms with Gasteiger partial charge in [-0.25, -0.2) is 0 Å². The van der Waals surface area contributed by atoms with E-state index in [4.69, 9.17) is 10.5 Å². The molecule has 5 N–H and O–H groups in total. The number of rotatable bonds is 5. The number of carbonyl (C=O) groups excluding carboxylic acids is 4. The lowest BCUT2D eigenvalue weighted by Gasteiger charge is -2.28. The molecule has 1 aromatic rings. The molecule has 12 nitrogen and oxygen atoms in total. The zero-order valence-electron chi connectivity index (χ0n) is 19.9. The number of non-ortho nitro benzene ring substituents is 1. The van der Waals surface area contributed by atoms with Crippen molar-refractivity contribution >= 4 is 51.9 Å². The topological polar surface area (TPSA) is 183 Å². The van der Waals surface area contributed by atoms with Crippen molar-refractivity contribution < 1.29 is 28.8 Å². The Hall–Kier alpha value is -2.97. The summed E-state index contributed by atoms with van der Waals surface area (Å²) in [4.78, 5) is 62.0. The van der Waals surface area contributed by atoms with Crippen LogP contribution in [0.5, 0.6) is 5.75 Å². The van der Waals surface area contributed by atoms with E-state index in [-0.39, 0.29) is 51.9 Å². The van der Waals surface area contributed by atoms with Gasteiger partial charge in [-0.05, 0) is 40.8 Å². The predicted molar refractivity (Wildman–Crippen MR) is 135 cm³/mol. The number of nitrogens with two attached hydrogens (primary N) is 1. The van der Waals surface area contributed by atoms with E-state index in [1.165, 1.54) is 6.07 Å². The normalized spacial score (nSPS) is 21.8. The summed E-state index contributed by atoms with van der Waals surface area (Å²) in [5.41, 5.74) is 5.02. The van der Waals surface area contributed by atoms with Gasteiger partial charge in [-0.15, -0.1) is 0 Å². The number of primary amides is 1. The van der Waals surface area contributed by atoms with Crippen LogP contribution >= 0.6 is 22.6 Å². The van der Waals surface area contributed by atoms with E-state index in [1.54, 1.807) is 36.4 Å². The number of fused-ring (bicyclic) bond motifs is 1. The van der Waals surface area contributed by atoms with Crippen LogP contribution in [0, 0.1) is 25.5 Å². The van der Waals surface area contributed by atoms with Crippen molar-refractivity contribution in [3.05, 3.63) is 31.4 Å². The summed E-state index contributed by atoms with van der Waals surface area (Å²) in [7, 11) is 0. The molecule has 1 heterocycles. The second-order valence-corrected chi connectivity index (χ2v) is 10.2. The van der Waals surface area contributed by atoms with Crippen LogP contribution in [0.1, 0.15) is 50.9 Å². The van der Waals surface area contributed by atoms with Gasteiger partial charge >= 0.3 is 0 Å². The number of amides is 4. The Morgan fingerprint density at radius 2 is 1.83 bits per heavy atom. The SMILES string of the molecule is CC(C)C[C@@H]1NC(=O)[C@H](C(C)C)NC(=O)c2cc([N+](=O)[O-])cc(I)c2OCC[C@@H](C(N)=O)NC1=O. The van der Waals surface area contributed by atoms with Gasteiger partial charge in [0.05, 0.1) is 20.7 Å². The number of benzene rings is 1. The van der Waals surface area contributed by atoms with Crippen LogP contribution in [0.3, 0.4) is 0 Å². The fourth-order valence-electron chi connectivity index (χ4n) is 3.55. The monoisotopic (exact) mass is 603 g/mol. The molecular formula is C22H30IN5O7. The molecule has 0 aromatic heterocycles. The second-order valence-electron chi connectivity index (χ2n) is 9.05. The third-order valence-corrected chi connectivity index (χ3v) is 6.17.